The number of nitrogens with one attached hydrogen (secondary N) is 1. The van der Waals surface area contributed by atoms with Crippen LogP contribution in [0, 0.1) is 0 Å². The van der Waals surface area contributed by atoms with Crippen molar-refractivity contribution in [2.45, 2.75) is 30.7 Å². The van der Waals surface area contributed by atoms with E-state index in [9.17, 15) is 31.1 Å². The zero-order chi connectivity index (χ0) is 23.8. The lowest BCUT2D eigenvalue weighted by Crippen LogP contribution is -2.49. The molecular weight excluding hydrogens is 517 g/mol. The van der Waals surface area contributed by atoms with E-state index in [2.05, 4.69) is 5.32 Å². The molecule has 1 fully saturated rings. The van der Waals surface area contributed by atoms with Crippen molar-refractivity contribution in [3.63, 3.8) is 0 Å². The predicted molar refractivity (Wildman–Crippen MR) is 116 cm³/mol. The summed E-state index contributed by atoms with van der Waals surface area (Å²) >= 11 is 12.0. The molecule has 0 spiro atoms. The number of carbonyl (C=O) groups excluding carboxylic acids is 1. The topological polar surface area (TPSA) is 32.3 Å². The molecule has 1 saturated heterocycles. The Labute approximate surface area is 202 Å². The fourth-order valence-electron chi connectivity index (χ4n) is 3.82. The van der Waals surface area contributed by atoms with E-state index < -0.39 is 41.0 Å². The summed E-state index contributed by atoms with van der Waals surface area (Å²) in [6.07, 6.45) is -9.63. The van der Waals surface area contributed by atoms with Gasteiger partial charge >= 0.3 is 12.4 Å². The number of carbonyl (C=O) groups is 1. The molecule has 3 rings (SSSR count). The summed E-state index contributed by atoms with van der Waals surface area (Å²) in [6, 6.07) is 5.37. The van der Waals surface area contributed by atoms with Gasteiger partial charge in [0.25, 0.3) is 5.91 Å². The van der Waals surface area contributed by atoms with Gasteiger partial charge in [0.05, 0.1) is 21.2 Å². The Morgan fingerprint density at radius 2 is 1.55 bits per heavy atom. The number of amides is 1. The van der Waals surface area contributed by atoms with Crippen LogP contribution in [0.2, 0.25) is 10.0 Å². The Morgan fingerprint density at radius 3 is 2.06 bits per heavy atom. The number of hydrogen-bond acceptors (Lipinski definition) is 2. The quantitative estimate of drug-likeness (QED) is 0.445. The van der Waals surface area contributed by atoms with Crippen molar-refractivity contribution in [1.82, 2.24) is 10.2 Å². The lowest BCUT2D eigenvalue weighted by atomic mass is 9.85. The van der Waals surface area contributed by atoms with Gasteiger partial charge in [0.1, 0.15) is 0 Å². The number of benzene rings is 2. The van der Waals surface area contributed by atoms with Gasteiger partial charge in [-0.3, -0.25) is 4.79 Å². The lowest BCUT2D eigenvalue weighted by Gasteiger charge is -2.39. The van der Waals surface area contributed by atoms with E-state index in [1.54, 1.807) is 18.2 Å². The Morgan fingerprint density at radius 1 is 0.970 bits per heavy atom. The lowest BCUT2D eigenvalue weighted by molar-refractivity contribution is -0.143. The molecule has 2 aromatic carbocycles. The maximum Gasteiger partial charge on any atom is 0.416 e. The summed E-state index contributed by atoms with van der Waals surface area (Å²) < 4.78 is 79.1. The van der Waals surface area contributed by atoms with Gasteiger partial charge < -0.3 is 10.2 Å². The van der Waals surface area contributed by atoms with Crippen LogP contribution in [0.4, 0.5) is 26.3 Å². The SMILES string of the molecule is CN(C(=O)c1cc(C(F)(F)F)cc(C(F)(F)F)c1)[C@@H]1CCNC[C@H]1c1ccc(Cl)c(Cl)c1.Cl. The van der Waals surface area contributed by atoms with E-state index in [-0.39, 0.29) is 24.4 Å². The Hall–Kier alpha value is -1.68. The van der Waals surface area contributed by atoms with Gasteiger partial charge in [-0.05, 0) is 48.9 Å². The summed E-state index contributed by atoms with van der Waals surface area (Å²) in [7, 11) is 1.37. The fourth-order valence-corrected chi connectivity index (χ4v) is 4.13. The highest BCUT2D eigenvalue weighted by Crippen LogP contribution is 2.37. The number of likely N-dealkylation sites (N-methyl/N-ethyl adjacent to an activating group) is 1. The van der Waals surface area contributed by atoms with E-state index in [0.717, 1.165) is 5.56 Å². The van der Waals surface area contributed by atoms with Crippen LogP contribution in [0.3, 0.4) is 0 Å². The molecule has 1 aliphatic rings. The molecule has 0 unspecified atom stereocenters. The van der Waals surface area contributed by atoms with Crippen LogP contribution >= 0.6 is 35.6 Å². The molecule has 0 aliphatic carbocycles. The van der Waals surface area contributed by atoms with Crippen LogP contribution in [-0.2, 0) is 12.4 Å². The minimum Gasteiger partial charge on any atom is -0.338 e. The third-order valence-corrected chi connectivity index (χ3v) is 6.21. The van der Waals surface area contributed by atoms with Crippen molar-refractivity contribution in [2.75, 3.05) is 20.1 Å². The first kappa shape index (κ1) is 27.6. The van der Waals surface area contributed by atoms with Gasteiger partial charge in [0.15, 0.2) is 0 Å². The van der Waals surface area contributed by atoms with Gasteiger partial charge in [-0.1, -0.05) is 29.3 Å². The van der Waals surface area contributed by atoms with Gasteiger partial charge in [0, 0.05) is 31.1 Å². The second-order valence-corrected chi connectivity index (χ2v) is 8.37. The smallest absolute Gasteiger partial charge is 0.338 e. The standard InChI is InChI=1S/C21H18Cl2F6N2O.ClH/c1-31(18-4-5-30-10-15(18)11-2-3-16(22)17(23)8-11)19(32)12-6-13(20(24,25)26)9-14(7-12)21(27,28)29;/h2-3,6-9,15,18,30H,4-5,10H2,1H3;1H/t15-,18+;/m0./s1. The molecule has 1 heterocycles. The molecule has 2 atom stereocenters. The maximum atomic E-state index is 13.2. The highest BCUT2D eigenvalue weighted by atomic mass is 35.5. The summed E-state index contributed by atoms with van der Waals surface area (Å²) in [6.45, 7) is 0.965. The average molecular weight is 536 g/mol. The van der Waals surface area contributed by atoms with Crippen molar-refractivity contribution in [1.29, 1.82) is 0 Å². The van der Waals surface area contributed by atoms with Gasteiger partial charge in [-0.2, -0.15) is 26.3 Å². The highest BCUT2D eigenvalue weighted by molar-refractivity contribution is 6.42. The van der Waals surface area contributed by atoms with E-state index >= 15 is 0 Å². The number of hydrogen-bond donors (Lipinski definition) is 1. The first-order valence-corrected chi connectivity index (χ1v) is 10.3. The van der Waals surface area contributed by atoms with Crippen LogP contribution < -0.4 is 5.32 Å². The molecule has 0 radical (unpaired) electrons. The van der Waals surface area contributed by atoms with E-state index in [0.29, 0.717) is 41.7 Å². The van der Waals surface area contributed by atoms with Crippen molar-refractivity contribution in [2.24, 2.45) is 0 Å². The van der Waals surface area contributed by atoms with Crippen LogP contribution in [0.25, 0.3) is 0 Å². The summed E-state index contributed by atoms with van der Waals surface area (Å²) in [5.74, 6) is -1.22. The third kappa shape index (κ3) is 6.26. The van der Waals surface area contributed by atoms with Crippen LogP contribution in [-0.4, -0.2) is 37.0 Å². The Bertz CT molecular complexity index is 980. The van der Waals surface area contributed by atoms with E-state index in [4.69, 9.17) is 23.2 Å². The van der Waals surface area contributed by atoms with Crippen molar-refractivity contribution in [3.8, 4) is 0 Å². The molecule has 1 amide bonds. The van der Waals surface area contributed by atoms with Crippen molar-refractivity contribution in [3.05, 3.63) is 68.7 Å². The highest BCUT2D eigenvalue weighted by Gasteiger charge is 2.39. The molecule has 12 heteroatoms. The van der Waals surface area contributed by atoms with Gasteiger partial charge in [-0.15, -0.1) is 12.4 Å². The van der Waals surface area contributed by atoms with Crippen LogP contribution in [0.1, 0.15) is 39.4 Å². The van der Waals surface area contributed by atoms with Crippen LogP contribution in [0.15, 0.2) is 36.4 Å². The van der Waals surface area contributed by atoms with E-state index in [1.165, 1.54) is 11.9 Å². The van der Waals surface area contributed by atoms with E-state index in [1.807, 2.05) is 0 Å². The molecule has 0 saturated carbocycles. The number of halogens is 9. The predicted octanol–water partition coefficient (Wildman–Crippen LogP) is 6.67. The minimum atomic E-state index is -5.04. The molecular formula is C21H19Cl3F6N2O. The zero-order valence-electron chi connectivity index (χ0n) is 17.0. The molecule has 2 aromatic rings. The first-order valence-electron chi connectivity index (χ1n) is 9.51. The molecule has 1 N–H and O–H groups in total. The number of nitrogens with zero attached hydrogens (tertiary/aromatic N) is 1. The van der Waals surface area contributed by atoms with Crippen molar-refractivity contribution < 1.29 is 31.1 Å². The maximum absolute atomic E-state index is 13.2. The van der Waals surface area contributed by atoms with Gasteiger partial charge in [0.2, 0.25) is 0 Å². The molecule has 0 aromatic heterocycles. The molecule has 1 aliphatic heterocycles. The summed E-state index contributed by atoms with van der Waals surface area (Å²) in [4.78, 5) is 14.2. The second-order valence-electron chi connectivity index (χ2n) is 7.55. The van der Waals surface area contributed by atoms with Gasteiger partial charge in [-0.25, -0.2) is 0 Å². The first-order chi connectivity index (χ1) is 14.8. The molecule has 3 nitrogen and oxygen atoms in total. The van der Waals surface area contributed by atoms with Crippen LogP contribution in [0.5, 0.6) is 0 Å². The summed E-state index contributed by atoms with van der Waals surface area (Å²) in [5.41, 5.74) is -3.00. The zero-order valence-corrected chi connectivity index (χ0v) is 19.4. The molecule has 182 valence electrons. The summed E-state index contributed by atoms with van der Waals surface area (Å²) in [5, 5.41) is 3.82. The number of rotatable bonds is 3. The largest absolute Gasteiger partial charge is 0.416 e. The Balaban J connectivity index is 0.00000385. The normalized spacial score (nSPS) is 19.1. The number of alkyl halides is 6. The monoisotopic (exact) mass is 534 g/mol. The molecule has 0 bridgehead atoms. The third-order valence-electron chi connectivity index (χ3n) is 5.47. The second kappa shape index (κ2) is 10.3. The number of piperidine rings is 1. The minimum absolute atomic E-state index is 0. The Kier molecular flexibility index (Phi) is 8.60. The van der Waals surface area contributed by atoms with Crippen molar-refractivity contribution >= 4 is 41.5 Å². The fraction of sp³-hybridized carbons (Fsp3) is 0.381. The average Bonchev–Trinajstić information content (AvgIpc) is 2.73. The molecule has 33 heavy (non-hydrogen) atoms.